The molecule has 0 saturated carbocycles. The van der Waals surface area contributed by atoms with Gasteiger partial charge in [-0.05, 0) is 176 Å². The third-order valence-corrected chi connectivity index (χ3v) is 10.5. The number of hydrogen-bond donors (Lipinski definition) is 0. The molecule has 0 saturated heterocycles. The Labute approximate surface area is 392 Å². The second-order valence-corrected chi connectivity index (χ2v) is 15.8. The largest absolute Gasteiger partial charge is 0.335 e. The Morgan fingerprint density at radius 3 is 1.68 bits per heavy atom. The van der Waals surface area contributed by atoms with Crippen molar-refractivity contribution in [2.24, 2.45) is 0 Å². The van der Waals surface area contributed by atoms with Crippen LogP contribution >= 0.6 is 0 Å². The number of terminal acetylenes is 1. The topological polar surface area (TPSA) is 13.0 Å². The minimum absolute atomic E-state index is 0.173. The van der Waals surface area contributed by atoms with Gasteiger partial charge < -0.3 is 19.6 Å². The molecule has 0 radical (unpaired) electrons. The van der Waals surface area contributed by atoms with Crippen LogP contribution in [0.1, 0.15) is 66.4 Å². The number of benzene rings is 4. The predicted molar refractivity (Wildman–Crippen MR) is 289 cm³/mol. The van der Waals surface area contributed by atoms with E-state index in [0.29, 0.717) is 0 Å². The minimum Gasteiger partial charge on any atom is -0.335 e. The van der Waals surface area contributed by atoms with E-state index >= 15 is 0 Å². The Balaban J connectivity index is 0.00000107. The minimum atomic E-state index is 0.173. The van der Waals surface area contributed by atoms with Crippen molar-refractivity contribution in [3.05, 3.63) is 248 Å². The maximum atomic E-state index is 4.48. The molecule has 0 spiro atoms. The molecule has 65 heavy (non-hydrogen) atoms. The zero-order chi connectivity index (χ0) is 47.1. The summed E-state index contributed by atoms with van der Waals surface area (Å²) < 4.78 is 0. The van der Waals surface area contributed by atoms with Crippen LogP contribution < -0.4 is 19.6 Å². The highest BCUT2D eigenvalue weighted by atomic mass is 15.2. The summed E-state index contributed by atoms with van der Waals surface area (Å²) in [6.45, 7) is 26.8. The Hall–Kier alpha value is -7.48. The van der Waals surface area contributed by atoms with E-state index < -0.39 is 0 Å². The summed E-state index contributed by atoms with van der Waals surface area (Å²) >= 11 is 0. The first-order valence-electron chi connectivity index (χ1n) is 22.4. The molecular weight excluding hydrogens is 789 g/mol. The second kappa shape index (κ2) is 26.2. The van der Waals surface area contributed by atoms with Crippen LogP contribution in [-0.2, 0) is 0 Å². The molecule has 0 N–H and O–H groups in total. The van der Waals surface area contributed by atoms with Crippen molar-refractivity contribution in [2.45, 2.75) is 73.8 Å². The lowest BCUT2D eigenvalue weighted by Gasteiger charge is -2.33. The van der Waals surface area contributed by atoms with Crippen molar-refractivity contribution in [1.29, 1.82) is 0 Å². The van der Waals surface area contributed by atoms with Gasteiger partial charge in [0, 0.05) is 62.6 Å². The summed E-state index contributed by atoms with van der Waals surface area (Å²) in [6, 6.07) is 35.5. The second-order valence-electron chi connectivity index (χ2n) is 15.8. The Bertz CT molecular complexity index is 2490. The molecule has 1 atom stereocenters. The molecule has 4 heteroatoms. The van der Waals surface area contributed by atoms with Crippen molar-refractivity contribution in [1.82, 2.24) is 0 Å². The molecule has 1 unspecified atom stereocenters. The molecule has 0 bridgehead atoms. The van der Waals surface area contributed by atoms with Crippen LogP contribution in [0.15, 0.2) is 242 Å². The molecule has 4 aromatic carbocycles. The first-order chi connectivity index (χ1) is 31.6. The van der Waals surface area contributed by atoms with E-state index in [1.807, 2.05) is 65.0 Å². The van der Waals surface area contributed by atoms with Crippen LogP contribution in [-0.4, -0.2) is 6.04 Å². The number of nitrogens with zero attached hydrogens (tertiary/aromatic N) is 4. The summed E-state index contributed by atoms with van der Waals surface area (Å²) in [6.07, 6.45) is 44.9. The monoisotopic (exact) mass is 857 g/mol. The summed E-state index contributed by atoms with van der Waals surface area (Å²) in [5.74, 6) is 0. The van der Waals surface area contributed by atoms with Crippen LogP contribution in [0.3, 0.4) is 0 Å². The normalized spacial score (nSPS) is 14.4. The number of aryl methyl sites for hydroxylation is 1. The van der Waals surface area contributed by atoms with Gasteiger partial charge in [-0.1, -0.05) is 116 Å². The quantitative estimate of drug-likeness (QED) is 0.0822. The van der Waals surface area contributed by atoms with Crippen LogP contribution in [0.2, 0.25) is 0 Å². The molecule has 0 aromatic heterocycles. The van der Waals surface area contributed by atoms with Gasteiger partial charge in [0.2, 0.25) is 0 Å². The lowest BCUT2D eigenvalue weighted by molar-refractivity contribution is 0.764. The fraction of sp³-hybridized carbons (Fsp3) is 0.180. The third-order valence-electron chi connectivity index (χ3n) is 10.5. The highest BCUT2D eigenvalue weighted by Gasteiger charge is 2.21. The van der Waals surface area contributed by atoms with Gasteiger partial charge in [-0.2, -0.15) is 0 Å². The van der Waals surface area contributed by atoms with E-state index in [1.54, 1.807) is 0 Å². The highest BCUT2D eigenvalue weighted by molar-refractivity contribution is 5.81. The van der Waals surface area contributed by atoms with Crippen molar-refractivity contribution in [3.8, 4) is 12.8 Å². The number of hydrogen-bond acceptors (Lipinski definition) is 4. The summed E-state index contributed by atoms with van der Waals surface area (Å²) in [5.41, 5.74) is 14.1. The average molecular weight is 857 g/mol. The maximum Gasteiger partial charge on any atom is 0.0559 e. The standard InChI is InChI=1S/C53H56N4.C6H10.C2H2/c1-8-10-14-22-44(7)55(45-23-15-12-16-24-45)48-30-34-50(35-31-48)56(49-32-28-47(29-33-49)54(41(3)4)43(6)21-11-9-2)51-36-38-52(39-37-51)57(46-25-17-13-18-26-46)53-27-19-20-42(5)40-53;1-4-5-6(2)3;1-2/h8-12,14-17,19-23,25-40,45H,3,7,13,18,24H2,1-2,4-6H3;4-5H,2H2,1,3H3;1-2H/b10-8+,11-9-,22-14-,43-21+;5-4-;. The molecule has 0 heterocycles. The van der Waals surface area contributed by atoms with Gasteiger partial charge in [-0.25, -0.2) is 0 Å². The average Bonchev–Trinajstić information content (AvgIpc) is 3.32. The molecule has 0 aliphatic heterocycles. The maximum absolute atomic E-state index is 4.48. The van der Waals surface area contributed by atoms with Crippen molar-refractivity contribution < 1.29 is 0 Å². The molecular formula is C61H68N4. The van der Waals surface area contributed by atoms with Gasteiger partial charge in [0.15, 0.2) is 0 Å². The van der Waals surface area contributed by atoms with E-state index in [9.17, 15) is 0 Å². The molecule has 6 rings (SSSR count). The smallest absolute Gasteiger partial charge is 0.0559 e. The SMILES string of the molecule is C#C.C=C(C)/C=C\C.C=C(C)N(/C(C)=C/C=C\C)c1ccc(N(c2ccc(N(C3=CCCC=C3)c3cccc(C)c3)cc2)c2ccc(N(C(=C)/C=C\C=C\C)C3C=CC=CC3)cc2)cc1. The van der Waals surface area contributed by atoms with E-state index in [4.69, 9.17) is 0 Å². The zero-order valence-corrected chi connectivity index (χ0v) is 39.7. The molecule has 4 nitrogen and oxygen atoms in total. The van der Waals surface area contributed by atoms with Crippen molar-refractivity contribution in [3.63, 3.8) is 0 Å². The molecule has 0 amide bonds. The van der Waals surface area contributed by atoms with Crippen LogP contribution in [0.4, 0.5) is 39.8 Å². The van der Waals surface area contributed by atoms with E-state index in [2.05, 4.69) is 230 Å². The molecule has 0 fully saturated rings. The molecule has 2 aliphatic rings. The van der Waals surface area contributed by atoms with Gasteiger partial charge in [0.1, 0.15) is 0 Å². The van der Waals surface area contributed by atoms with Crippen LogP contribution in [0.5, 0.6) is 0 Å². The van der Waals surface area contributed by atoms with Gasteiger partial charge in [0.05, 0.1) is 6.04 Å². The lowest BCUT2D eigenvalue weighted by atomic mass is 10.0. The van der Waals surface area contributed by atoms with Crippen LogP contribution in [0, 0.1) is 19.8 Å². The predicted octanol–water partition coefficient (Wildman–Crippen LogP) is 17.4. The van der Waals surface area contributed by atoms with Gasteiger partial charge >= 0.3 is 0 Å². The van der Waals surface area contributed by atoms with Crippen LogP contribution in [0.25, 0.3) is 0 Å². The summed E-state index contributed by atoms with van der Waals surface area (Å²) in [4.78, 5) is 9.20. The Kier molecular flexibility index (Phi) is 20.2. The number of allylic oxidation sites excluding steroid dienone is 17. The summed E-state index contributed by atoms with van der Waals surface area (Å²) in [5, 5.41) is 0. The van der Waals surface area contributed by atoms with Gasteiger partial charge in [0.25, 0.3) is 0 Å². The third kappa shape index (κ3) is 14.3. The first kappa shape index (κ1) is 50.2. The van der Waals surface area contributed by atoms with Crippen molar-refractivity contribution in [2.75, 3.05) is 19.6 Å². The van der Waals surface area contributed by atoms with E-state index in [0.717, 1.165) is 81.7 Å². The highest BCUT2D eigenvalue weighted by Crippen LogP contribution is 2.40. The number of anilines is 7. The molecule has 332 valence electrons. The van der Waals surface area contributed by atoms with Gasteiger partial charge in [-0.15, -0.1) is 12.8 Å². The molecule has 4 aromatic rings. The van der Waals surface area contributed by atoms with Crippen molar-refractivity contribution >= 4 is 39.8 Å². The Morgan fingerprint density at radius 2 is 1.20 bits per heavy atom. The van der Waals surface area contributed by atoms with E-state index in [-0.39, 0.29) is 6.04 Å². The number of rotatable bonds is 16. The molecule has 2 aliphatic carbocycles. The Morgan fingerprint density at radius 1 is 0.615 bits per heavy atom. The first-order valence-corrected chi connectivity index (χ1v) is 22.4. The van der Waals surface area contributed by atoms with E-state index in [1.165, 1.54) is 11.3 Å². The summed E-state index contributed by atoms with van der Waals surface area (Å²) in [7, 11) is 0. The lowest BCUT2D eigenvalue weighted by Crippen LogP contribution is -2.32. The van der Waals surface area contributed by atoms with Gasteiger partial charge in [-0.3, -0.25) is 0 Å². The fourth-order valence-corrected chi connectivity index (χ4v) is 7.70. The zero-order valence-electron chi connectivity index (χ0n) is 39.7. The fourth-order valence-electron chi connectivity index (χ4n) is 7.70.